The maximum Gasteiger partial charge on any atom is 0.159 e. The Morgan fingerprint density at radius 1 is 0.212 bits per heavy atom. The van der Waals surface area contributed by atoms with Crippen molar-refractivity contribution in [1.82, 2.24) is 0 Å². The summed E-state index contributed by atoms with van der Waals surface area (Å²) in [7, 11) is 0. The second kappa shape index (κ2) is 15.4. The van der Waals surface area contributed by atoms with Gasteiger partial charge in [-0.15, -0.1) is 0 Å². The molecule has 0 amide bonds. The Labute approximate surface area is 380 Å². The van der Waals surface area contributed by atoms with Crippen molar-refractivity contribution in [1.29, 1.82) is 0 Å². The predicted molar refractivity (Wildman–Crippen MR) is 272 cm³/mol. The first-order valence-corrected chi connectivity index (χ1v) is 22.2. The summed E-state index contributed by atoms with van der Waals surface area (Å²) in [6.45, 7) is 0. The molecule has 0 fully saturated rings. The molecule has 0 bridgehead atoms. The molecule has 10 aromatic carbocycles. The van der Waals surface area contributed by atoms with Gasteiger partial charge in [0.25, 0.3) is 0 Å². The molecule has 0 saturated carbocycles. The van der Waals surface area contributed by atoms with Gasteiger partial charge in [0.15, 0.2) is 16.7 Å². The Kier molecular flexibility index (Phi) is 8.74. The molecule has 13 aromatic rings. The maximum atomic E-state index is 6.81. The third kappa shape index (κ3) is 6.11. The van der Waals surface area contributed by atoms with E-state index >= 15 is 0 Å². The first kappa shape index (κ1) is 37.5. The fourth-order valence-electron chi connectivity index (χ4n) is 9.70. The van der Waals surface area contributed by atoms with Gasteiger partial charge in [0.1, 0.15) is 16.7 Å². The first-order chi connectivity index (χ1) is 32.7. The van der Waals surface area contributed by atoms with Gasteiger partial charge in [-0.25, -0.2) is 0 Å². The van der Waals surface area contributed by atoms with E-state index in [1.165, 1.54) is 0 Å². The van der Waals surface area contributed by atoms with E-state index in [1.807, 2.05) is 36.4 Å². The van der Waals surface area contributed by atoms with Crippen LogP contribution in [0.3, 0.4) is 0 Å². The molecule has 6 heteroatoms. The van der Waals surface area contributed by atoms with Gasteiger partial charge in [-0.3, -0.25) is 0 Å². The number of fused-ring (bicyclic) bond motifs is 9. The second-order valence-electron chi connectivity index (χ2n) is 16.5. The number of nitrogens with zero attached hydrogens (tertiary/aromatic N) is 3. The zero-order chi connectivity index (χ0) is 43.6. The standard InChI is InChI=1S/C60H39N3O3/c1-4-19-40(20-5-1)61(52-31-16-28-49-46-25-10-13-34-55(46)64-58(49)52)43-37-44(62(41-21-6-2-7-22-41)53-32-17-29-50-47-26-11-14-35-56(47)65-59(50)53)39-45(38-43)63(42-23-8-3-9-24-42)54-33-18-30-51-48-27-12-15-36-57(48)66-60(51)54/h1-39H. The van der Waals surface area contributed by atoms with E-state index in [2.05, 4.69) is 215 Å². The summed E-state index contributed by atoms with van der Waals surface area (Å²) in [6.07, 6.45) is 0. The van der Waals surface area contributed by atoms with E-state index in [1.54, 1.807) is 0 Å². The van der Waals surface area contributed by atoms with E-state index in [4.69, 9.17) is 13.3 Å². The lowest BCUT2D eigenvalue weighted by molar-refractivity contribution is 0.669. The number of para-hydroxylation sites is 9. The van der Waals surface area contributed by atoms with Crippen molar-refractivity contribution in [3.05, 3.63) is 237 Å². The van der Waals surface area contributed by atoms with Gasteiger partial charge in [0, 0.05) is 49.4 Å². The van der Waals surface area contributed by atoms with Crippen LogP contribution < -0.4 is 14.7 Å². The summed E-state index contributed by atoms with van der Waals surface area (Å²) in [5.41, 5.74) is 13.3. The van der Waals surface area contributed by atoms with Crippen LogP contribution in [0.25, 0.3) is 65.8 Å². The molecule has 3 aromatic heterocycles. The van der Waals surface area contributed by atoms with Crippen molar-refractivity contribution >= 4 is 117 Å². The second-order valence-corrected chi connectivity index (χ2v) is 16.5. The van der Waals surface area contributed by atoms with Crippen LogP contribution in [0.5, 0.6) is 0 Å². The number of anilines is 9. The van der Waals surface area contributed by atoms with Gasteiger partial charge >= 0.3 is 0 Å². The van der Waals surface area contributed by atoms with Crippen LogP contribution >= 0.6 is 0 Å². The highest BCUT2D eigenvalue weighted by molar-refractivity contribution is 6.13. The number of hydrogen-bond acceptors (Lipinski definition) is 6. The summed E-state index contributed by atoms with van der Waals surface area (Å²) in [6, 6.07) is 82.5. The summed E-state index contributed by atoms with van der Waals surface area (Å²) < 4.78 is 20.4. The fourth-order valence-corrected chi connectivity index (χ4v) is 9.70. The van der Waals surface area contributed by atoms with Crippen molar-refractivity contribution < 1.29 is 13.3 Å². The predicted octanol–water partition coefficient (Wildman–Crippen LogP) is 17.8. The molecular weight excluding hydrogens is 811 g/mol. The Morgan fingerprint density at radius 2 is 0.470 bits per heavy atom. The minimum Gasteiger partial charge on any atom is -0.454 e. The van der Waals surface area contributed by atoms with Crippen LogP contribution in [0.4, 0.5) is 51.2 Å². The largest absolute Gasteiger partial charge is 0.454 e. The van der Waals surface area contributed by atoms with E-state index in [-0.39, 0.29) is 0 Å². The van der Waals surface area contributed by atoms with Crippen LogP contribution in [0.2, 0.25) is 0 Å². The van der Waals surface area contributed by atoms with E-state index in [0.29, 0.717) is 0 Å². The molecule has 0 aliphatic heterocycles. The Hall–Kier alpha value is -9.00. The molecule has 0 saturated heterocycles. The van der Waals surface area contributed by atoms with Gasteiger partial charge in [-0.2, -0.15) is 0 Å². The van der Waals surface area contributed by atoms with Crippen LogP contribution in [-0.2, 0) is 0 Å². The van der Waals surface area contributed by atoms with Gasteiger partial charge in [-0.1, -0.05) is 146 Å². The number of benzene rings is 10. The van der Waals surface area contributed by atoms with Crippen LogP contribution in [0, 0.1) is 0 Å². The minimum absolute atomic E-state index is 0.799. The molecule has 0 N–H and O–H groups in total. The SMILES string of the molecule is c1ccc(N(c2cc(N(c3ccccc3)c3cccc4c3oc3ccccc34)cc(N(c3ccccc3)c3cccc4c3oc3ccccc34)c2)c2cccc3c2oc2ccccc23)cc1. The summed E-state index contributed by atoms with van der Waals surface area (Å²) >= 11 is 0. The van der Waals surface area contributed by atoms with Gasteiger partial charge in [0.2, 0.25) is 0 Å². The highest BCUT2D eigenvalue weighted by Crippen LogP contribution is 2.50. The van der Waals surface area contributed by atoms with Crippen LogP contribution in [0.1, 0.15) is 0 Å². The molecule has 0 atom stereocenters. The smallest absolute Gasteiger partial charge is 0.159 e. The molecule has 0 radical (unpaired) electrons. The van der Waals surface area contributed by atoms with Gasteiger partial charge in [0.05, 0.1) is 34.1 Å². The Bertz CT molecular complexity index is 3490. The number of hydrogen-bond donors (Lipinski definition) is 0. The summed E-state index contributed by atoms with van der Waals surface area (Å²) in [5, 5.41) is 6.35. The van der Waals surface area contributed by atoms with Gasteiger partial charge < -0.3 is 28.0 Å². The minimum atomic E-state index is 0.799. The van der Waals surface area contributed by atoms with Gasteiger partial charge in [-0.05, 0) is 91.0 Å². The van der Waals surface area contributed by atoms with Crippen LogP contribution in [0.15, 0.2) is 250 Å². The monoisotopic (exact) mass is 849 g/mol. The first-order valence-electron chi connectivity index (χ1n) is 22.2. The van der Waals surface area contributed by atoms with Crippen LogP contribution in [-0.4, -0.2) is 0 Å². The molecule has 0 unspecified atom stereocenters. The lowest BCUT2D eigenvalue weighted by Gasteiger charge is -2.32. The zero-order valence-corrected chi connectivity index (χ0v) is 35.6. The van der Waals surface area contributed by atoms with Crippen molar-refractivity contribution in [2.75, 3.05) is 14.7 Å². The van der Waals surface area contributed by atoms with Crippen molar-refractivity contribution in [2.45, 2.75) is 0 Å². The normalized spacial score (nSPS) is 11.6. The lowest BCUT2D eigenvalue weighted by atomic mass is 10.1. The fraction of sp³-hybridized carbons (Fsp3) is 0. The highest BCUT2D eigenvalue weighted by atomic mass is 16.3. The Morgan fingerprint density at radius 3 is 0.773 bits per heavy atom. The van der Waals surface area contributed by atoms with E-state index in [9.17, 15) is 0 Å². The third-order valence-corrected chi connectivity index (χ3v) is 12.6. The summed E-state index contributed by atoms with van der Waals surface area (Å²) in [4.78, 5) is 6.94. The van der Waals surface area contributed by atoms with E-state index in [0.717, 1.165) is 117 Å². The number of furan rings is 3. The zero-order valence-electron chi connectivity index (χ0n) is 35.6. The average Bonchev–Trinajstić information content (AvgIpc) is 4.08. The third-order valence-electron chi connectivity index (χ3n) is 12.6. The average molecular weight is 850 g/mol. The molecule has 6 nitrogen and oxygen atoms in total. The maximum absolute atomic E-state index is 6.81. The molecular formula is C60H39N3O3. The molecule has 3 heterocycles. The molecule has 0 aliphatic rings. The van der Waals surface area contributed by atoms with E-state index < -0.39 is 0 Å². The topological polar surface area (TPSA) is 49.1 Å². The highest BCUT2D eigenvalue weighted by Gasteiger charge is 2.27. The lowest BCUT2D eigenvalue weighted by Crippen LogP contribution is -2.16. The quantitative estimate of drug-likeness (QED) is 0.144. The molecule has 13 rings (SSSR count). The van der Waals surface area contributed by atoms with Crippen molar-refractivity contribution in [3.8, 4) is 0 Å². The van der Waals surface area contributed by atoms with Crippen molar-refractivity contribution in [3.63, 3.8) is 0 Å². The number of rotatable bonds is 9. The Balaban J connectivity index is 1.14. The molecule has 0 spiro atoms. The molecule has 312 valence electrons. The summed E-state index contributed by atoms with van der Waals surface area (Å²) in [5.74, 6) is 0. The molecule has 0 aliphatic carbocycles. The molecule has 66 heavy (non-hydrogen) atoms. The van der Waals surface area contributed by atoms with Crippen molar-refractivity contribution in [2.24, 2.45) is 0 Å².